The minimum Gasteiger partial charge on any atom is -0.476 e. The summed E-state index contributed by atoms with van der Waals surface area (Å²) >= 11 is 0. The summed E-state index contributed by atoms with van der Waals surface area (Å²) in [5.74, 6) is -1.44. The fourth-order valence-electron chi connectivity index (χ4n) is 2.38. The Bertz CT molecular complexity index is 836. The SMILES string of the molecule is CCc1ccc(-n2nc(C(=O)O)cc2-c2ccc(F)cc2)cc1. The first-order valence-electron chi connectivity index (χ1n) is 7.27. The minimum atomic E-state index is -1.10. The molecular formula is C18H15FN2O2. The summed E-state index contributed by atoms with van der Waals surface area (Å²) in [7, 11) is 0. The number of hydrogen-bond donors (Lipinski definition) is 1. The van der Waals surface area contributed by atoms with Crippen molar-refractivity contribution in [1.29, 1.82) is 0 Å². The summed E-state index contributed by atoms with van der Waals surface area (Å²) in [6, 6.07) is 15.1. The molecule has 3 rings (SSSR count). The van der Waals surface area contributed by atoms with Crippen molar-refractivity contribution in [1.82, 2.24) is 9.78 Å². The molecule has 0 saturated heterocycles. The van der Waals surface area contributed by atoms with Crippen LogP contribution >= 0.6 is 0 Å². The van der Waals surface area contributed by atoms with Gasteiger partial charge in [-0.15, -0.1) is 0 Å². The third-order valence-corrected chi connectivity index (χ3v) is 3.66. The quantitative estimate of drug-likeness (QED) is 0.794. The summed E-state index contributed by atoms with van der Waals surface area (Å²) in [4.78, 5) is 11.2. The van der Waals surface area contributed by atoms with Gasteiger partial charge in [0, 0.05) is 5.56 Å². The van der Waals surface area contributed by atoms with Gasteiger partial charge in [0.05, 0.1) is 11.4 Å². The predicted molar refractivity (Wildman–Crippen MR) is 85.3 cm³/mol. The second-order valence-corrected chi connectivity index (χ2v) is 5.16. The van der Waals surface area contributed by atoms with Gasteiger partial charge in [0.15, 0.2) is 5.69 Å². The van der Waals surface area contributed by atoms with E-state index in [-0.39, 0.29) is 11.5 Å². The fraction of sp³-hybridized carbons (Fsp3) is 0.111. The van der Waals surface area contributed by atoms with E-state index in [2.05, 4.69) is 12.0 Å². The Morgan fingerprint density at radius 1 is 1.13 bits per heavy atom. The number of carboxylic acids is 1. The van der Waals surface area contributed by atoms with Crippen molar-refractivity contribution < 1.29 is 14.3 Å². The standard InChI is InChI=1S/C18H15FN2O2/c1-2-12-3-9-15(10-4-12)21-17(11-16(20-21)18(22)23)13-5-7-14(19)8-6-13/h3-11H,2H2,1H3,(H,22,23). The highest BCUT2D eigenvalue weighted by Gasteiger charge is 2.16. The topological polar surface area (TPSA) is 55.1 Å². The highest BCUT2D eigenvalue weighted by atomic mass is 19.1. The number of aryl methyl sites for hydroxylation is 1. The Morgan fingerprint density at radius 2 is 1.78 bits per heavy atom. The van der Waals surface area contributed by atoms with Crippen molar-refractivity contribution in [2.24, 2.45) is 0 Å². The number of rotatable bonds is 4. The minimum absolute atomic E-state index is 0.0520. The van der Waals surface area contributed by atoms with Crippen molar-refractivity contribution in [3.05, 3.63) is 71.7 Å². The smallest absolute Gasteiger partial charge is 0.356 e. The molecule has 1 N–H and O–H groups in total. The number of aromatic carboxylic acids is 1. The molecule has 116 valence electrons. The molecule has 23 heavy (non-hydrogen) atoms. The maximum atomic E-state index is 13.1. The molecule has 3 aromatic rings. The lowest BCUT2D eigenvalue weighted by atomic mass is 10.1. The number of hydrogen-bond acceptors (Lipinski definition) is 2. The number of aromatic nitrogens is 2. The number of halogens is 1. The van der Waals surface area contributed by atoms with Crippen LogP contribution in [0.1, 0.15) is 23.0 Å². The highest BCUT2D eigenvalue weighted by Crippen LogP contribution is 2.24. The van der Waals surface area contributed by atoms with Gasteiger partial charge in [-0.3, -0.25) is 0 Å². The molecule has 0 fully saturated rings. The van der Waals surface area contributed by atoms with E-state index in [0.29, 0.717) is 11.3 Å². The molecule has 0 unspecified atom stereocenters. The van der Waals surface area contributed by atoms with Crippen molar-refractivity contribution in [3.63, 3.8) is 0 Å². The van der Waals surface area contributed by atoms with Crippen molar-refractivity contribution in [2.45, 2.75) is 13.3 Å². The molecule has 0 saturated carbocycles. The number of benzene rings is 2. The van der Waals surface area contributed by atoms with Crippen LogP contribution in [-0.4, -0.2) is 20.9 Å². The van der Waals surface area contributed by atoms with Crippen LogP contribution in [0, 0.1) is 5.82 Å². The monoisotopic (exact) mass is 310 g/mol. The molecule has 0 spiro atoms. The first-order valence-corrected chi connectivity index (χ1v) is 7.27. The molecule has 0 amide bonds. The number of nitrogens with zero attached hydrogens (tertiary/aromatic N) is 2. The molecular weight excluding hydrogens is 295 g/mol. The van der Waals surface area contributed by atoms with Crippen LogP contribution in [0.2, 0.25) is 0 Å². The molecule has 4 nitrogen and oxygen atoms in total. The second-order valence-electron chi connectivity index (χ2n) is 5.16. The largest absolute Gasteiger partial charge is 0.476 e. The zero-order valence-electron chi connectivity index (χ0n) is 12.5. The van der Waals surface area contributed by atoms with E-state index in [0.717, 1.165) is 12.1 Å². The number of carboxylic acid groups (broad SMARTS) is 1. The van der Waals surface area contributed by atoms with E-state index in [9.17, 15) is 14.3 Å². The Morgan fingerprint density at radius 3 is 2.35 bits per heavy atom. The number of carbonyl (C=O) groups is 1. The Kier molecular flexibility index (Phi) is 3.93. The zero-order chi connectivity index (χ0) is 16.4. The van der Waals surface area contributed by atoms with Gasteiger partial charge in [0.1, 0.15) is 5.82 Å². The van der Waals surface area contributed by atoms with Gasteiger partial charge in [-0.05, 0) is 54.4 Å². The summed E-state index contributed by atoms with van der Waals surface area (Å²) in [5, 5.41) is 13.4. The van der Waals surface area contributed by atoms with Gasteiger partial charge in [0.2, 0.25) is 0 Å². The van der Waals surface area contributed by atoms with Crippen molar-refractivity contribution in [3.8, 4) is 16.9 Å². The van der Waals surface area contributed by atoms with E-state index < -0.39 is 5.97 Å². The lowest BCUT2D eigenvalue weighted by Crippen LogP contribution is -2.02. The molecule has 0 atom stereocenters. The van der Waals surface area contributed by atoms with Gasteiger partial charge >= 0.3 is 5.97 Å². The Labute approximate surface area is 132 Å². The molecule has 0 aliphatic rings. The predicted octanol–water partition coefficient (Wildman–Crippen LogP) is 3.94. The summed E-state index contributed by atoms with van der Waals surface area (Å²) in [6.45, 7) is 2.06. The van der Waals surface area contributed by atoms with Crippen LogP contribution in [0.15, 0.2) is 54.6 Å². The molecule has 1 aromatic heterocycles. The summed E-state index contributed by atoms with van der Waals surface area (Å²) in [6.07, 6.45) is 0.921. The molecule has 5 heteroatoms. The first-order chi connectivity index (χ1) is 11.1. The van der Waals surface area contributed by atoms with Crippen LogP contribution in [0.25, 0.3) is 16.9 Å². The van der Waals surface area contributed by atoms with Crippen LogP contribution < -0.4 is 0 Å². The van der Waals surface area contributed by atoms with Gasteiger partial charge in [-0.1, -0.05) is 19.1 Å². The van der Waals surface area contributed by atoms with Gasteiger partial charge in [0.25, 0.3) is 0 Å². The van der Waals surface area contributed by atoms with Crippen LogP contribution in [0.3, 0.4) is 0 Å². The molecule has 0 aliphatic heterocycles. The molecule has 1 heterocycles. The second kappa shape index (κ2) is 6.04. The highest BCUT2D eigenvalue weighted by molar-refractivity contribution is 5.87. The lowest BCUT2D eigenvalue weighted by molar-refractivity contribution is 0.0690. The normalized spacial score (nSPS) is 10.7. The molecule has 0 bridgehead atoms. The van der Waals surface area contributed by atoms with Gasteiger partial charge < -0.3 is 5.11 Å². The first kappa shape index (κ1) is 15.0. The third-order valence-electron chi connectivity index (χ3n) is 3.66. The van der Waals surface area contributed by atoms with E-state index in [1.807, 2.05) is 24.3 Å². The Hall–Kier alpha value is -2.95. The van der Waals surface area contributed by atoms with E-state index >= 15 is 0 Å². The third kappa shape index (κ3) is 2.99. The summed E-state index contributed by atoms with van der Waals surface area (Å²) in [5.41, 5.74) is 3.19. The molecule has 0 radical (unpaired) electrons. The van der Waals surface area contributed by atoms with Gasteiger partial charge in [-0.2, -0.15) is 5.10 Å². The van der Waals surface area contributed by atoms with Crippen LogP contribution in [0.5, 0.6) is 0 Å². The van der Waals surface area contributed by atoms with Gasteiger partial charge in [-0.25, -0.2) is 13.9 Å². The van der Waals surface area contributed by atoms with Crippen molar-refractivity contribution in [2.75, 3.05) is 0 Å². The van der Waals surface area contributed by atoms with E-state index in [1.54, 1.807) is 16.8 Å². The fourth-order valence-corrected chi connectivity index (χ4v) is 2.38. The summed E-state index contributed by atoms with van der Waals surface area (Å²) < 4.78 is 14.7. The van der Waals surface area contributed by atoms with Crippen molar-refractivity contribution >= 4 is 5.97 Å². The average Bonchev–Trinajstić information content (AvgIpc) is 3.01. The van der Waals surface area contributed by atoms with Crippen LogP contribution in [0.4, 0.5) is 4.39 Å². The van der Waals surface area contributed by atoms with Crippen LogP contribution in [-0.2, 0) is 6.42 Å². The van der Waals surface area contributed by atoms with E-state index in [4.69, 9.17) is 0 Å². The van der Waals surface area contributed by atoms with E-state index in [1.165, 1.54) is 23.8 Å². The maximum absolute atomic E-state index is 13.1. The maximum Gasteiger partial charge on any atom is 0.356 e. The zero-order valence-corrected chi connectivity index (χ0v) is 12.5. The Balaban J connectivity index is 2.13. The molecule has 0 aliphatic carbocycles. The lowest BCUT2D eigenvalue weighted by Gasteiger charge is -2.08. The molecule has 2 aromatic carbocycles. The average molecular weight is 310 g/mol.